The number of nitrogens with one attached hydrogen (secondary N) is 2. The lowest BCUT2D eigenvalue weighted by Crippen LogP contribution is -2.52. The quantitative estimate of drug-likeness (QED) is 0.552. The summed E-state index contributed by atoms with van der Waals surface area (Å²) in [5, 5.41) is 13.3. The number of carboxylic acid groups (broad SMARTS) is 1. The molecular formula is C11H18N2O5S. The number of ether oxygens (including phenoxy) is 1. The van der Waals surface area contributed by atoms with Gasteiger partial charge < -0.3 is 20.5 Å². The lowest BCUT2D eigenvalue weighted by Gasteiger charge is -2.18. The van der Waals surface area contributed by atoms with Crippen molar-refractivity contribution in [1.82, 2.24) is 10.6 Å². The fraction of sp³-hybridized carbons (Fsp3) is 0.545. The number of rotatable bonds is 8. The van der Waals surface area contributed by atoms with Crippen LogP contribution in [-0.4, -0.2) is 53.8 Å². The van der Waals surface area contributed by atoms with E-state index in [0.29, 0.717) is 5.75 Å². The highest BCUT2D eigenvalue weighted by Gasteiger charge is 2.24. The highest BCUT2D eigenvalue weighted by Crippen LogP contribution is 1.99. The van der Waals surface area contributed by atoms with Crippen LogP contribution in [0.15, 0.2) is 12.7 Å². The Balaban J connectivity index is 4.45. The summed E-state index contributed by atoms with van der Waals surface area (Å²) in [6.07, 6.45) is 2.41. The van der Waals surface area contributed by atoms with Gasteiger partial charge in [-0.15, -0.1) is 0 Å². The maximum Gasteiger partial charge on any atom is 0.408 e. The third-order valence-electron chi connectivity index (χ3n) is 2.00. The van der Waals surface area contributed by atoms with Gasteiger partial charge in [-0.1, -0.05) is 12.7 Å². The number of carbonyl (C=O) groups excluding carboxylic acids is 2. The van der Waals surface area contributed by atoms with Gasteiger partial charge in [0.05, 0.1) is 0 Å². The first-order valence-corrected chi connectivity index (χ1v) is 6.88. The van der Waals surface area contributed by atoms with Crippen molar-refractivity contribution in [2.24, 2.45) is 0 Å². The zero-order valence-electron chi connectivity index (χ0n) is 10.8. The molecule has 2 amide bonds. The van der Waals surface area contributed by atoms with E-state index in [4.69, 9.17) is 9.84 Å². The van der Waals surface area contributed by atoms with Gasteiger partial charge >= 0.3 is 12.1 Å². The van der Waals surface area contributed by atoms with Crippen LogP contribution in [0.4, 0.5) is 4.79 Å². The molecule has 0 aromatic carbocycles. The first-order valence-electron chi connectivity index (χ1n) is 5.48. The largest absolute Gasteiger partial charge is 0.480 e. The van der Waals surface area contributed by atoms with Crippen molar-refractivity contribution in [2.75, 3.05) is 18.6 Å². The molecule has 2 atom stereocenters. The molecule has 2 unspecified atom stereocenters. The summed E-state index contributed by atoms with van der Waals surface area (Å²) in [6, 6.07) is -1.88. The molecule has 0 rings (SSSR count). The average Bonchev–Trinajstić information content (AvgIpc) is 2.35. The van der Waals surface area contributed by atoms with Crippen molar-refractivity contribution in [3.63, 3.8) is 0 Å². The summed E-state index contributed by atoms with van der Waals surface area (Å²) in [4.78, 5) is 33.7. The van der Waals surface area contributed by atoms with Crippen molar-refractivity contribution in [3.8, 4) is 0 Å². The van der Waals surface area contributed by atoms with E-state index in [1.165, 1.54) is 24.8 Å². The van der Waals surface area contributed by atoms with Crippen LogP contribution < -0.4 is 10.6 Å². The van der Waals surface area contributed by atoms with Crippen LogP contribution in [0, 0.1) is 0 Å². The molecule has 3 N–H and O–H groups in total. The fourth-order valence-electron chi connectivity index (χ4n) is 1.04. The SMILES string of the molecule is C=CCOC(=O)NC(CSC)C(=O)NC(C)C(=O)O. The van der Waals surface area contributed by atoms with E-state index in [1.807, 2.05) is 0 Å². The summed E-state index contributed by atoms with van der Waals surface area (Å²) in [6.45, 7) is 4.76. The Bertz CT molecular complexity index is 348. The Morgan fingerprint density at radius 3 is 2.53 bits per heavy atom. The number of thioether (sulfide) groups is 1. The van der Waals surface area contributed by atoms with Crippen LogP contribution >= 0.6 is 11.8 Å². The maximum atomic E-state index is 11.8. The van der Waals surface area contributed by atoms with E-state index in [0.717, 1.165) is 0 Å². The van der Waals surface area contributed by atoms with Gasteiger partial charge in [0.1, 0.15) is 18.7 Å². The second-order valence-corrected chi connectivity index (χ2v) is 4.52. The van der Waals surface area contributed by atoms with Crippen LogP contribution in [0.25, 0.3) is 0 Å². The topological polar surface area (TPSA) is 105 Å². The van der Waals surface area contributed by atoms with Gasteiger partial charge in [0.2, 0.25) is 5.91 Å². The first kappa shape index (κ1) is 17.3. The van der Waals surface area contributed by atoms with Crippen LogP contribution in [-0.2, 0) is 14.3 Å². The third-order valence-corrected chi connectivity index (χ3v) is 2.67. The lowest BCUT2D eigenvalue weighted by atomic mass is 10.2. The highest BCUT2D eigenvalue weighted by atomic mass is 32.2. The van der Waals surface area contributed by atoms with Crippen LogP contribution in [0.5, 0.6) is 0 Å². The van der Waals surface area contributed by atoms with Gasteiger partial charge in [0.15, 0.2) is 0 Å². The fourth-order valence-corrected chi connectivity index (χ4v) is 1.61. The number of carboxylic acids is 1. The Hall–Kier alpha value is -1.70. The molecule has 0 saturated heterocycles. The maximum absolute atomic E-state index is 11.8. The number of amides is 2. The predicted octanol–water partition coefficient (Wildman–Crippen LogP) is 0.220. The smallest absolute Gasteiger partial charge is 0.408 e. The molecule has 0 spiro atoms. The number of carbonyl (C=O) groups is 3. The zero-order chi connectivity index (χ0) is 14.8. The van der Waals surface area contributed by atoms with Gasteiger partial charge in [-0.2, -0.15) is 11.8 Å². The van der Waals surface area contributed by atoms with Gasteiger partial charge in [-0.3, -0.25) is 9.59 Å². The Labute approximate surface area is 115 Å². The molecule has 108 valence electrons. The van der Waals surface area contributed by atoms with Gasteiger partial charge in [0, 0.05) is 5.75 Å². The number of aliphatic carboxylic acids is 1. The van der Waals surface area contributed by atoms with E-state index < -0.39 is 30.1 Å². The zero-order valence-corrected chi connectivity index (χ0v) is 11.7. The summed E-state index contributed by atoms with van der Waals surface area (Å²) in [5.41, 5.74) is 0. The molecule has 0 fully saturated rings. The Morgan fingerprint density at radius 1 is 1.42 bits per heavy atom. The normalized spacial score (nSPS) is 12.9. The van der Waals surface area contributed by atoms with E-state index >= 15 is 0 Å². The second-order valence-electron chi connectivity index (χ2n) is 3.61. The Morgan fingerprint density at radius 2 is 2.05 bits per heavy atom. The van der Waals surface area contributed by atoms with Crippen molar-refractivity contribution >= 4 is 29.7 Å². The van der Waals surface area contributed by atoms with Gasteiger partial charge in [0.25, 0.3) is 0 Å². The standard InChI is InChI=1S/C11H18N2O5S/c1-4-5-18-11(17)13-8(6-19-3)9(14)12-7(2)10(15)16/h4,7-8H,1,5-6H2,2-3H3,(H,12,14)(H,13,17)(H,15,16). The van der Waals surface area contributed by atoms with Gasteiger partial charge in [-0.05, 0) is 13.2 Å². The molecule has 0 aliphatic heterocycles. The molecular weight excluding hydrogens is 272 g/mol. The van der Waals surface area contributed by atoms with Crippen LogP contribution in [0.3, 0.4) is 0 Å². The minimum Gasteiger partial charge on any atom is -0.480 e. The molecule has 19 heavy (non-hydrogen) atoms. The molecule has 0 heterocycles. The van der Waals surface area contributed by atoms with Crippen molar-refractivity contribution in [1.29, 1.82) is 0 Å². The van der Waals surface area contributed by atoms with E-state index in [2.05, 4.69) is 17.2 Å². The van der Waals surface area contributed by atoms with Crippen LogP contribution in [0.2, 0.25) is 0 Å². The molecule has 0 aliphatic rings. The van der Waals surface area contributed by atoms with Crippen molar-refractivity contribution < 1.29 is 24.2 Å². The molecule has 0 aliphatic carbocycles. The van der Waals surface area contributed by atoms with Crippen molar-refractivity contribution in [3.05, 3.63) is 12.7 Å². The van der Waals surface area contributed by atoms with Gasteiger partial charge in [-0.25, -0.2) is 4.79 Å². The Kier molecular flexibility index (Phi) is 8.43. The second kappa shape index (κ2) is 9.26. The number of hydrogen-bond acceptors (Lipinski definition) is 5. The predicted molar refractivity (Wildman–Crippen MR) is 72.1 cm³/mol. The minimum atomic E-state index is -1.15. The molecule has 8 heteroatoms. The molecule has 0 radical (unpaired) electrons. The summed E-state index contributed by atoms with van der Waals surface area (Å²) >= 11 is 1.34. The molecule has 7 nitrogen and oxygen atoms in total. The molecule has 0 aromatic heterocycles. The highest BCUT2D eigenvalue weighted by molar-refractivity contribution is 7.98. The molecule has 0 bridgehead atoms. The average molecular weight is 290 g/mol. The first-order chi connectivity index (χ1) is 8.92. The van der Waals surface area contributed by atoms with E-state index in [9.17, 15) is 14.4 Å². The minimum absolute atomic E-state index is 0.0327. The summed E-state index contributed by atoms with van der Waals surface area (Å²) in [7, 11) is 0. The molecule has 0 aromatic rings. The monoisotopic (exact) mass is 290 g/mol. The van der Waals surface area contributed by atoms with Crippen molar-refractivity contribution in [2.45, 2.75) is 19.0 Å². The number of hydrogen-bond donors (Lipinski definition) is 3. The third kappa shape index (κ3) is 7.35. The van der Waals surface area contributed by atoms with E-state index in [-0.39, 0.29) is 6.61 Å². The summed E-state index contributed by atoms with van der Waals surface area (Å²) < 4.78 is 4.70. The molecule has 0 saturated carbocycles. The lowest BCUT2D eigenvalue weighted by molar-refractivity contribution is -0.141. The summed E-state index contributed by atoms with van der Waals surface area (Å²) in [5.74, 6) is -1.41. The number of alkyl carbamates (subject to hydrolysis) is 1. The van der Waals surface area contributed by atoms with Crippen LogP contribution in [0.1, 0.15) is 6.92 Å². The van der Waals surface area contributed by atoms with E-state index in [1.54, 1.807) is 6.26 Å².